The number of Topliss-reactive ketones (excluding diaryl/α,β-unsaturated/α-hetero) is 1. The maximum atomic E-state index is 13.3. The number of nitrogens with zero attached hydrogens (tertiary/aromatic N) is 1. The Morgan fingerprint density at radius 1 is 1.21 bits per heavy atom. The monoisotopic (exact) mass is 355 g/mol. The molecule has 3 aliphatic rings. The molecule has 1 saturated heterocycles. The molecular weight excluding hydrogens is 338 g/mol. The second kappa shape index (κ2) is 5.48. The molecule has 4 rings (SSSR count). The van der Waals surface area contributed by atoms with E-state index >= 15 is 0 Å². The maximum Gasteiger partial charge on any atom is 0.240 e. The van der Waals surface area contributed by atoms with Crippen LogP contribution in [0, 0.1) is 11.3 Å². The number of para-hydroxylation sites is 1. The lowest BCUT2D eigenvalue weighted by molar-refractivity contribution is -0.116. The molecule has 122 valence electrons. The van der Waals surface area contributed by atoms with Crippen molar-refractivity contribution in [2.24, 2.45) is 16.3 Å². The topological polar surface area (TPSA) is 46.5 Å². The predicted octanol–water partition coefficient (Wildman–Crippen LogP) is 4.38. The summed E-state index contributed by atoms with van der Waals surface area (Å²) in [5, 5.41) is 0. The summed E-state index contributed by atoms with van der Waals surface area (Å²) in [4.78, 5) is 27.9. The number of hydrogen-bond acceptors (Lipinski definition) is 5. The van der Waals surface area contributed by atoms with Crippen molar-refractivity contribution in [2.75, 3.05) is 11.5 Å². The molecule has 1 aromatic rings. The molecule has 2 aliphatic carbocycles. The Morgan fingerprint density at radius 2 is 1.92 bits per heavy atom. The number of hydrogen-bond donors (Lipinski definition) is 0. The van der Waals surface area contributed by atoms with Crippen LogP contribution in [0.15, 0.2) is 47.0 Å². The molecule has 0 bridgehead atoms. The van der Waals surface area contributed by atoms with E-state index in [0.29, 0.717) is 5.69 Å². The molecule has 1 spiro atoms. The molecule has 1 aromatic carbocycles. The first-order chi connectivity index (χ1) is 11.5. The molecule has 1 atom stereocenters. The van der Waals surface area contributed by atoms with Gasteiger partial charge in [0, 0.05) is 34.0 Å². The smallest absolute Gasteiger partial charge is 0.240 e. The molecule has 0 amide bonds. The number of ketones is 1. The van der Waals surface area contributed by atoms with Crippen LogP contribution in [0.2, 0.25) is 0 Å². The van der Waals surface area contributed by atoms with Gasteiger partial charge in [-0.1, -0.05) is 44.2 Å². The zero-order valence-electron chi connectivity index (χ0n) is 13.5. The Labute approximate surface area is 149 Å². The first kappa shape index (κ1) is 15.9. The van der Waals surface area contributed by atoms with E-state index in [-0.39, 0.29) is 17.1 Å². The Hall–Kier alpha value is -1.55. The van der Waals surface area contributed by atoms with Crippen LogP contribution in [0.5, 0.6) is 0 Å². The van der Waals surface area contributed by atoms with Crippen LogP contribution in [-0.2, 0) is 9.59 Å². The Kier molecular flexibility index (Phi) is 3.64. The van der Waals surface area contributed by atoms with E-state index in [1.165, 1.54) is 0 Å². The van der Waals surface area contributed by atoms with Gasteiger partial charge in [-0.05, 0) is 11.6 Å². The number of thioether (sulfide) groups is 2. The standard InChI is InChI=1S/C19H17NO2S2/c1-18(2)13-7-8-19(23-9-10-24-19)17(22)15(13)16(18)12-5-3-4-6-14(12)20-11-21/h3-8,13H,9-10H2,1-2H3/t13-/m0/s1. The normalized spacial score (nSPS) is 26.1. The van der Waals surface area contributed by atoms with Crippen LogP contribution in [0.4, 0.5) is 5.69 Å². The molecule has 1 fully saturated rings. The van der Waals surface area contributed by atoms with Crippen LogP contribution in [0.1, 0.15) is 19.4 Å². The quantitative estimate of drug-likeness (QED) is 0.449. The van der Waals surface area contributed by atoms with Crippen molar-refractivity contribution in [3.8, 4) is 0 Å². The van der Waals surface area contributed by atoms with Gasteiger partial charge in [0.15, 0.2) is 5.78 Å². The van der Waals surface area contributed by atoms with E-state index in [0.717, 1.165) is 28.2 Å². The molecule has 1 heterocycles. The van der Waals surface area contributed by atoms with Gasteiger partial charge in [-0.2, -0.15) is 4.99 Å². The highest BCUT2D eigenvalue weighted by atomic mass is 32.2. The molecule has 0 aromatic heterocycles. The van der Waals surface area contributed by atoms with Crippen LogP contribution in [0.3, 0.4) is 0 Å². The van der Waals surface area contributed by atoms with Crippen molar-refractivity contribution in [2.45, 2.75) is 17.9 Å². The number of isocyanates is 1. The minimum absolute atomic E-state index is 0.140. The fraction of sp³-hybridized carbons (Fsp3) is 0.368. The molecule has 24 heavy (non-hydrogen) atoms. The van der Waals surface area contributed by atoms with Gasteiger partial charge in [-0.15, -0.1) is 23.5 Å². The molecule has 0 radical (unpaired) electrons. The number of carbonyl (C=O) groups is 1. The fourth-order valence-electron chi connectivity index (χ4n) is 4.00. The lowest BCUT2D eigenvalue weighted by Crippen LogP contribution is -2.47. The second-order valence-electron chi connectivity index (χ2n) is 6.76. The second-order valence-corrected chi connectivity index (χ2v) is 9.70. The van der Waals surface area contributed by atoms with Crippen LogP contribution < -0.4 is 0 Å². The summed E-state index contributed by atoms with van der Waals surface area (Å²) < 4.78 is -0.448. The fourth-order valence-corrected chi connectivity index (χ4v) is 6.94. The molecular formula is C19H17NO2S2. The van der Waals surface area contributed by atoms with Crippen molar-refractivity contribution in [3.63, 3.8) is 0 Å². The van der Waals surface area contributed by atoms with E-state index in [1.807, 2.05) is 18.2 Å². The number of aliphatic imine (C=N–C) groups is 1. The minimum atomic E-state index is -0.448. The average molecular weight is 355 g/mol. The van der Waals surface area contributed by atoms with Crippen molar-refractivity contribution in [1.29, 1.82) is 0 Å². The average Bonchev–Trinajstić information content (AvgIpc) is 3.03. The molecule has 3 nitrogen and oxygen atoms in total. The first-order valence-electron chi connectivity index (χ1n) is 7.95. The summed E-state index contributed by atoms with van der Waals surface area (Å²) in [6.45, 7) is 4.31. The van der Waals surface area contributed by atoms with Gasteiger partial charge in [0.25, 0.3) is 0 Å². The molecule has 5 heteroatoms. The Morgan fingerprint density at radius 3 is 2.62 bits per heavy atom. The van der Waals surface area contributed by atoms with Crippen molar-refractivity contribution in [1.82, 2.24) is 0 Å². The number of allylic oxidation sites excluding steroid dienone is 3. The molecule has 0 unspecified atom stereocenters. The van der Waals surface area contributed by atoms with E-state index in [2.05, 4.69) is 31.0 Å². The van der Waals surface area contributed by atoms with Gasteiger partial charge >= 0.3 is 0 Å². The molecule has 0 N–H and O–H groups in total. The third kappa shape index (κ3) is 2.05. The van der Waals surface area contributed by atoms with Crippen LogP contribution in [0.25, 0.3) is 5.57 Å². The third-order valence-corrected chi connectivity index (χ3v) is 8.41. The predicted molar refractivity (Wildman–Crippen MR) is 100 cm³/mol. The van der Waals surface area contributed by atoms with Gasteiger partial charge in [0.05, 0.1) is 5.69 Å². The number of benzene rings is 1. The van der Waals surface area contributed by atoms with E-state index in [9.17, 15) is 9.59 Å². The lowest BCUT2D eigenvalue weighted by Gasteiger charge is -2.51. The SMILES string of the molecule is CC1(C)C(c2ccccc2N=C=O)=C2C(=O)C3(C=C[C@@H]21)SCCS3. The van der Waals surface area contributed by atoms with Gasteiger partial charge in [-0.3, -0.25) is 4.79 Å². The van der Waals surface area contributed by atoms with Crippen molar-refractivity contribution in [3.05, 3.63) is 47.6 Å². The van der Waals surface area contributed by atoms with E-state index in [4.69, 9.17) is 0 Å². The Balaban J connectivity index is 1.91. The summed E-state index contributed by atoms with van der Waals surface area (Å²) in [6, 6.07) is 7.52. The van der Waals surface area contributed by atoms with Crippen LogP contribution in [-0.4, -0.2) is 27.4 Å². The van der Waals surface area contributed by atoms with Crippen LogP contribution >= 0.6 is 23.5 Å². The summed E-state index contributed by atoms with van der Waals surface area (Å²) in [5.74, 6) is 2.37. The largest absolute Gasteiger partial charge is 0.292 e. The van der Waals surface area contributed by atoms with E-state index in [1.54, 1.807) is 35.7 Å². The van der Waals surface area contributed by atoms with E-state index < -0.39 is 4.08 Å². The number of fused-ring (bicyclic) bond motifs is 1. The Bertz CT molecular complexity index is 841. The first-order valence-corrected chi connectivity index (χ1v) is 9.92. The summed E-state index contributed by atoms with van der Waals surface area (Å²) >= 11 is 3.46. The molecule has 0 saturated carbocycles. The van der Waals surface area contributed by atoms with Gasteiger partial charge in [-0.25, -0.2) is 4.79 Å². The zero-order valence-corrected chi connectivity index (χ0v) is 15.2. The summed E-state index contributed by atoms with van der Waals surface area (Å²) in [6.07, 6.45) is 5.95. The highest BCUT2D eigenvalue weighted by Gasteiger charge is 2.57. The van der Waals surface area contributed by atoms with Gasteiger partial charge in [0.1, 0.15) is 4.08 Å². The third-order valence-electron chi connectivity index (χ3n) is 5.13. The zero-order chi connectivity index (χ0) is 16.9. The molecule has 1 aliphatic heterocycles. The summed E-state index contributed by atoms with van der Waals surface area (Å²) in [5.41, 5.74) is 3.25. The number of carbonyl (C=O) groups excluding carboxylic acids is 2. The number of rotatable bonds is 2. The maximum absolute atomic E-state index is 13.3. The summed E-state index contributed by atoms with van der Waals surface area (Å²) in [7, 11) is 0. The van der Waals surface area contributed by atoms with Gasteiger partial charge in [0.2, 0.25) is 6.08 Å². The van der Waals surface area contributed by atoms with Gasteiger partial charge < -0.3 is 0 Å². The highest BCUT2D eigenvalue weighted by Crippen LogP contribution is 2.63. The van der Waals surface area contributed by atoms with Crippen molar-refractivity contribution < 1.29 is 9.59 Å². The lowest BCUT2D eigenvalue weighted by atomic mass is 9.53. The van der Waals surface area contributed by atoms with Crippen molar-refractivity contribution >= 4 is 46.6 Å². The highest BCUT2D eigenvalue weighted by molar-refractivity contribution is 8.22. The minimum Gasteiger partial charge on any atom is -0.292 e.